The van der Waals surface area contributed by atoms with E-state index in [1.54, 1.807) is 31.6 Å². The first-order chi connectivity index (χ1) is 18.6. The molecule has 0 saturated carbocycles. The van der Waals surface area contributed by atoms with Gasteiger partial charge >= 0.3 is 0 Å². The second-order valence-electron chi connectivity index (χ2n) is 8.53. The smallest absolute Gasteiger partial charge is 0.247 e. The summed E-state index contributed by atoms with van der Waals surface area (Å²) in [5, 5.41) is 16.2. The zero-order valence-electron chi connectivity index (χ0n) is 20.8. The summed E-state index contributed by atoms with van der Waals surface area (Å²) in [4.78, 5) is 32.1. The molecule has 0 bridgehead atoms. The summed E-state index contributed by atoms with van der Waals surface area (Å²) in [5.41, 5.74) is 3.33. The average Bonchev–Trinajstić information content (AvgIpc) is 2.97. The van der Waals surface area contributed by atoms with E-state index in [2.05, 4.69) is 32.2 Å². The SMILES string of the molecule is C=CC(=O)Nc1ccnc(-c2cccc3cnc(Nc4ccc(N5CCOC(CO)C5)nc4OC)nc23)c1. The van der Waals surface area contributed by atoms with Crippen LogP contribution < -0.4 is 20.3 Å². The van der Waals surface area contributed by atoms with Crippen molar-refractivity contribution in [3.8, 4) is 17.1 Å². The Kier molecular flexibility index (Phi) is 7.38. The highest BCUT2D eigenvalue weighted by Gasteiger charge is 2.22. The molecule has 1 aromatic carbocycles. The van der Waals surface area contributed by atoms with Gasteiger partial charge in [0.25, 0.3) is 0 Å². The van der Waals surface area contributed by atoms with Crippen LogP contribution in [0.2, 0.25) is 0 Å². The average molecular weight is 514 g/mol. The summed E-state index contributed by atoms with van der Waals surface area (Å²) < 4.78 is 11.1. The first-order valence-corrected chi connectivity index (χ1v) is 12.0. The van der Waals surface area contributed by atoms with Crippen LogP contribution >= 0.6 is 0 Å². The van der Waals surface area contributed by atoms with Crippen molar-refractivity contribution in [3.63, 3.8) is 0 Å². The third-order valence-corrected chi connectivity index (χ3v) is 6.05. The Bertz CT molecular complexity index is 1480. The molecule has 0 spiro atoms. The van der Waals surface area contributed by atoms with Crippen LogP contribution in [0.15, 0.2) is 67.5 Å². The van der Waals surface area contributed by atoms with Gasteiger partial charge in [-0.05, 0) is 30.3 Å². The zero-order chi connectivity index (χ0) is 26.5. The van der Waals surface area contributed by atoms with E-state index in [9.17, 15) is 9.90 Å². The molecular weight excluding hydrogens is 486 g/mol. The van der Waals surface area contributed by atoms with Crippen molar-refractivity contribution in [3.05, 3.63) is 67.5 Å². The van der Waals surface area contributed by atoms with Gasteiger partial charge in [0.15, 0.2) is 0 Å². The Morgan fingerprint density at radius 2 is 2.16 bits per heavy atom. The molecule has 11 nitrogen and oxygen atoms in total. The number of aliphatic hydroxyl groups excluding tert-OH is 1. The summed E-state index contributed by atoms with van der Waals surface area (Å²) in [5.74, 6) is 1.18. The number of nitrogens with one attached hydrogen (secondary N) is 2. The minimum Gasteiger partial charge on any atom is -0.479 e. The van der Waals surface area contributed by atoms with Crippen molar-refractivity contribution in [1.29, 1.82) is 0 Å². The number of methoxy groups -OCH3 is 1. The second kappa shape index (κ2) is 11.2. The van der Waals surface area contributed by atoms with Crippen LogP contribution in [0.5, 0.6) is 5.88 Å². The molecule has 3 aromatic heterocycles. The molecule has 1 unspecified atom stereocenters. The highest BCUT2D eigenvalue weighted by molar-refractivity contribution is 5.99. The van der Waals surface area contributed by atoms with Crippen LogP contribution in [-0.4, -0.2) is 70.5 Å². The number of hydrogen-bond acceptors (Lipinski definition) is 10. The minimum atomic E-state index is -0.302. The van der Waals surface area contributed by atoms with E-state index in [-0.39, 0.29) is 18.6 Å². The van der Waals surface area contributed by atoms with E-state index in [1.165, 1.54) is 6.08 Å². The summed E-state index contributed by atoms with van der Waals surface area (Å²) >= 11 is 0. The summed E-state index contributed by atoms with van der Waals surface area (Å²) in [6, 6.07) is 13.0. The highest BCUT2D eigenvalue weighted by Crippen LogP contribution is 2.31. The molecule has 1 aliphatic heterocycles. The molecule has 1 amide bonds. The molecule has 0 aliphatic carbocycles. The number of benzene rings is 1. The molecule has 1 fully saturated rings. The van der Waals surface area contributed by atoms with Gasteiger partial charge in [0.1, 0.15) is 11.5 Å². The number of rotatable bonds is 8. The lowest BCUT2D eigenvalue weighted by molar-refractivity contribution is -0.111. The number of hydrogen-bond donors (Lipinski definition) is 3. The molecule has 38 heavy (non-hydrogen) atoms. The number of morpholine rings is 1. The minimum absolute atomic E-state index is 0.0438. The Labute approximate surface area is 219 Å². The summed E-state index contributed by atoms with van der Waals surface area (Å²) in [7, 11) is 1.55. The maximum Gasteiger partial charge on any atom is 0.247 e. The Morgan fingerprint density at radius 1 is 1.26 bits per heavy atom. The number of fused-ring (bicyclic) bond motifs is 1. The first-order valence-electron chi connectivity index (χ1n) is 12.0. The number of carbonyl (C=O) groups is 1. The van der Waals surface area contributed by atoms with Gasteiger partial charge in [-0.1, -0.05) is 24.8 Å². The fourth-order valence-electron chi connectivity index (χ4n) is 4.19. The number of anilines is 4. The van der Waals surface area contributed by atoms with E-state index in [4.69, 9.17) is 14.5 Å². The standard InChI is InChI=1S/C27H27N7O4/c1-3-24(36)30-18-9-10-28-22(13-18)20-6-4-5-17-14-29-27(33-25(17)20)31-21-7-8-23(32-26(21)37-2)34-11-12-38-19(15-34)16-35/h3-10,13-14,19,35H,1,11-12,15-16H2,2H3,(H,28,30,36)(H,29,31,33). The fraction of sp³-hybridized carbons (Fsp3) is 0.222. The largest absolute Gasteiger partial charge is 0.479 e. The molecule has 11 heteroatoms. The number of para-hydroxylation sites is 1. The van der Waals surface area contributed by atoms with Crippen molar-refractivity contribution in [2.75, 3.05) is 48.9 Å². The number of ether oxygens (including phenoxy) is 2. The molecule has 4 heterocycles. The number of nitrogens with zero attached hydrogens (tertiary/aromatic N) is 5. The van der Waals surface area contributed by atoms with Crippen molar-refractivity contribution in [2.24, 2.45) is 0 Å². The molecule has 1 aliphatic rings. The lowest BCUT2D eigenvalue weighted by atomic mass is 10.1. The number of pyridine rings is 2. The maximum absolute atomic E-state index is 11.7. The number of aliphatic hydroxyl groups is 1. The van der Waals surface area contributed by atoms with Gasteiger partial charge < -0.3 is 30.1 Å². The third kappa shape index (κ3) is 5.38. The van der Waals surface area contributed by atoms with Gasteiger partial charge in [-0.3, -0.25) is 9.78 Å². The zero-order valence-corrected chi connectivity index (χ0v) is 20.8. The molecule has 1 saturated heterocycles. The lowest BCUT2D eigenvalue weighted by Crippen LogP contribution is -2.44. The van der Waals surface area contributed by atoms with Crippen molar-refractivity contribution >= 4 is 40.0 Å². The van der Waals surface area contributed by atoms with Crippen LogP contribution in [0.25, 0.3) is 22.2 Å². The van der Waals surface area contributed by atoms with Crippen LogP contribution in [0.3, 0.4) is 0 Å². The second-order valence-corrected chi connectivity index (χ2v) is 8.53. The lowest BCUT2D eigenvalue weighted by Gasteiger charge is -2.33. The highest BCUT2D eigenvalue weighted by atomic mass is 16.5. The van der Waals surface area contributed by atoms with Gasteiger partial charge in [0.05, 0.1) is 37.6 Å². The van der Waals surface area contributed by atoms with Gasteiger partial charge in [-0.25, -0.2) is 9.97 Å². The van der Waals surface area contributed by atoms with Crippen molar-refractivity contribution in [2.45, 2.75) is 6.10 Å². The van der Waals surface area contributed by atoms with Gasteiger partial charge in [0, 0.05) is 42.1 Å². The fourth-order valence-corrected chi connectivity index (χ4v) is 4.19. The normalized spacial score (nSPS) is 15.2. The Hall–Kier alpha value is -4.61. The summed E-state index contributed by atoms with van der Waals surface area (Å²) in [6.45, 7) is 5.17. The van der Waals surface area contributed by atoms with E-state index < -0.39 is 0 Å². The number of carbonyl (C=O) groups excluding carboxylic acids is 1. The van der Waals surface area contributed by atoms with Crippen molar-refractivity contribution in [1.82, 2.24) is 19.9 Å². The molecule has 0 radical (unpaired) electrons. The maximum atomic E-state index is 11.7. The third-order valence-electron chi connectivity index (χ3n) is 6.05. The molecule has 5 rings (SSSR count). The van der Waals surface area contributed by atoms with E-state index in [0.717, 1.165) is 16.8 Å². The molecular formula is C27H27N7O4. The number of amides is 1. The van der Waals surface area contributed by atoms with Crippen LogP contribution in [0.1, 0.15) is 0 Å². The molecule has 4 aromatic rings. The molecule has 194 valence electrons. The predicted molar refractivity (Wildman–Crippen MR) is 145 cm³/mol. The van der Waals surface area contributed by atoms with Gasteiger partial charge in [-0.15, -0.1) is 0 Å². The van der Waals surface area contributed by atoms with E-state index in [1.807, 2.05) is 35.2 Å². The monoisotopic (exact) mass is 513 g/mol. The van der Waals surface area contributed by atoms with E-state index >= 15 is 0 Å². The van der Waals surface area contributed by atoms with Crippen LogP contribution in [-0.2, 0) is 9.53 Å². The Balaban J connectivity index is 1.44. The summed E-state index contributed by atoms with van der Waals surface area (Å²) in [6.07, 6.45) is 4.32. The molecule has 1 atom stereocenters. The van der Waals surface area contributed by atoms with Crippen LogP contribution in [0, 0.1) is 0 Å². The van der Waals surface area contributed by atoms with Crippen LogP contribution in [0.4, 0.5) is 23.1 Å². The van der Waals surface area contributed by atoms with Gasteiger partial charge in [0.2, 0.25) is 17.7 Å². The number of aromatic nitrogens is 4. The predicted octanol–water partition coefficient (Wildman–Crippen LogP) is 3.16. The topological polar surface area (TPSA) is 135 Å². The van der Waals surface area contributed by atoms with Crippen molar-refractivity contribution < 1.29 is 19.4 Å². The first kappa shape index (κ1) is 25.1. The quantitative estimate of drug-likeness (QED) is 0.302. The van der Waals surface area contributed by atoms with Gasteiger partial charge in [-0.2, -0.15) is 4.98 Å². The Morgan fingerprint density at radius 3 is 2.97 bits per heavy atom. The van der Waals surface area contributed by atoms with E-state index in [0.29, 0.717) is 54.1 Å². The molecule has 3 N–H and O–H groups in total.